The predicted molar refractivity (Wildman–Crippen MR) is 54.0 cm³/mol. The third kappa shape index (κ3) is 1.23. The molecule has 1 rings (SSSR count). The van der Waals surface area contributed by atoms with Crippen molar-refractivity contribution in [3.05, 3.63) is 0 Å². The SMILES string of the molecule is [2H]C([2H])([2H])[Si]1(C)CC[Si](C)(C)C1C. The van der Waals surface area contributed by atoms with Gasteiger partial charge in [-0.1, -0.05) is 50.3 Å². The molecule has 0 aromatic carbocycles. The van der Waals surface area contributed by atoms with Crippen LogP contribution in [0.5, 0.6) is 0 Å². The van der Waals surface area contributed by atoms with Crippen molar-refractivity contribution in [3.63, 3.8) is 0 Å². The molecule has 0 spiro atoms. The molecule has 1 saturated heterocycles. The van der Waals surface area contributed by atoms with Gasteiger partial charge in [0.05, 0.1) is 0 Å². The van der Waals surface area contributed by atoms with Gasteiger partial charge >= 0.3 is 0 Å². The highest BCUT2D eigenvalue weighted by molar-refractivity contribution is 7.01. The Morgan fingerprint density at radius 2 is 1.70 bits per heavy atom. The zero-order valence-corrected chi connectivity index (χ0v) is 9.49. The summed E-state index contributed by atoms with van der Waals surface area (Å²) >= 11 is 0. The highest BCUT2D eigenvalue weighted by atomic mass is 28.4. The van der Waals surface area contributed by atoms with Gasteiger partial charge in [0.2, 0.25) is 0 Å². The van der Waals surface area contributed by atoms with E-state index in [-0.39, 0.29) is 0 Å². The molecule has 0 aliphatic carbocycles. The van der Waals surface area contributed by atoms with E-state index >= 15 is 0 Å². The second kappa shape index (κ2) is 2.21. The molecule has 2 heteroatoms. The van der Waals surface area contributed by atoms with Gasteiger partial charge in [0.1, 0.15) is 0 Å². The van der Waals surface area contributed by atoms with Gasteiger partial charge in [-0.25, -0.2) is 0 Å². The van der Waals surface area contributed by atoms with Crippen LogP contribution in [-0.4, -0.2) is 16.1 Å². The van der Waals surface area contributed by atoms with Gasteiger partial charge < -0.3 is 0 Å². The number of hydrogen-bond donors (Lipinski definition) is 0. The minimum absolute atomic E-state index is 0.549. The van der Waals surface area contributed by atoms with Gasteiger partial charge in [0.25, 0.3) is 0 Å². The zero-order chi connectivity index (χ0) is 10.5. The molecular weight excluding hydrogens is 152 g/mol. The maximum atomic E-state index is 7.65. The van der Waals surface area contributed by atoms with Crippen LogP contribution in [0.2, 0.25) is 43.4 Å². The normalized spacial score (nSPS) is 51.6. The van der Waals surface area contributed by atoms with Crippen LogP contribution in [0, 0.1) is 0 Å². The quantitative estimate of drug-likeness (QED) is 0.495. The third-order valence-corrected chi connectivity index (χ3v) is 15.3. The Hall–Kier alpha value is 0.434. The summed E-state index contributed by atoms with van der Waals surface area (Å²) in [6, 6.07) is 2.26. The average Bonchev–Trinajstić information content (AvgIpc) is 2.14. The first kappa shape index (κ1) is 5.15. The fraction of sp³-hybridized carbons (Fsp3) is 1.00. The van der Waals surface area contributed by atoms with Gasteiger partial charge in [-0.15, -0.1) is 0 Å². The molecule has 0 saturated carbocycles. The molecule has 0 N–H and O–H groups in total. The molecule has 2 atom stereocenters. The van der Waals surface area contributed by atoms with Crippen LogP contribution < -0.4 is 0 Å². The van der Waals surface area contributed by atoms with Crippen LogP contribution in [0.4, 0.5) is 0 Å². The van der Waals surface area contributed by atoms with E-state index in [0.29, 0.717) is 5.16 Å². The molecule has 1 fully saturated rings. The van der Waals surface area contributed by atoms with Crippen molar-refractivity contribution < 1.29 is 4.11 Å². The van der Waals surface area contributed by atoms with E-state index in [2.05, 4.69) is 26.6 Å². The van der Waals surface area contributed by atoms with Gasteiger partial charge in [0.15, 0.2) is 0 Å². The predicted octanol–water partition coefficient (Wildman–Crippen LogP) is 3.35. The van der Waals surface area contributed by atoms with Gasteiger partial charge in [-0.05, 0) is 0 Å². The molecule has 0 nitrogen and oxygen atoms in total. The third-order valence-electron chi connectivity index (χ3n) is 3.42. The van der Waals surface area contributed by atoms with Crippen molar-refractivity contribution in [1.82, 2.24) is 0 Å². The second-order valence-electron chi connectivity index (χ2n) is 4.63. The molecular formula is C8H20Si2. The van der Waals surface area contributed by atoms with E-state index in [4.69, 9.17) is 4.11 Å². The summed E-state index contributed by atoms with van der Waals surface area (Å²) in [5.74, 6) is 0. The maximum absolute atomic E-state index is 7.65. The van der Waals surface area contributed by atoms with Crippen molar-refractivity contribution >= 4 is 16.1 Å². The fourth-order valence-electron chi connectivity index (χ4n) is 1.88. The molecule has 2 unspecified atom stereocenters. The van der Waals surface area contributed by atoms with E-state index in [1.807, 2.05) is 0 Å². The smallest absolute Gasteiger partial charge is 0.0473 e. The minimum atomic E-state index is -1.96. The standard InChI is InChI=1S/C8H20Si2/c1-8-9(2,3)6-7-10(8,4)5/h8H,6-7H2,1-5H3/i2D3. The molecule has 1 aliphatic rings. The first-order valence-corrected chi connectivity index (χ1v) is 10.2. The summed E-state index contributed by atoms with van der Waals surface area (Å²) in [5, 5.41) is 0.549. The lowest BCUT2D eigenvalue weighted by Gasteiger charge is -2.28. The number of hydrogen-bond acceptors (Lipinski definition) is 0. The summed E-state index contributed by atoms with van der Waals surface area (Å²) in [5.41, 5.74) is 0. The summed E-state index contributed by atoms with van der Waals surface area (Å²) in [4.78, 5) is 0. The Morgan fingerprint density at radius 3 is 1.90 bits per heavy atom. The monoisotopic (exact) mass is 175 g/mol. The topological polar surface area (TPSA) is 0 Å². The highest BCUT2D eigenvalue weighted by Gasteiger charge is 2.46. The summed E-state index contributed by atoms with van der Waals surface area (Å²) in [6.45, 7) is 7.36. The Balaban J connectivity index is 2.97. The first-order valence-electron chi connectivity index (χ1n) is 5.61. The van der Waals surface area contributed by atoms with E-state index in [1.165, 1.54) is 6.04 Å². The minimum Gasteiger partial charge on any atom is -0.0694 e. The average molecular weight is 175 g/mol. The Bertz CT molecular complexity index is 212. The van der Waals surface area contributed by atoms with Crippen LogP contribution in [0.1, 0.15) is 11.0 Å². The highest BCUT2D eigenvalue weighted by Crippen LogP contribution is 2.45. The second-order valence-corrected chi connectivity index (χ2v) is 14.7. The molecule has 1 aliphatic heterocycles. The van der Waals surface area contributed by atoms with Gasteiger partial charge in [-0.2, -0.15) is 0 Å². The maximum Gasteiger partial charge on any atom is 0.0473 e. The Labute approximate surface area is 71.3 Å². The van der Waals surface area contributed by atoms with Crippen molar-refractivity contribution in [2.45, 2.75) is 50.3 Å². The van der Waals surface area contributed by atoms with Crippen molar-refractivity contribution in [2.75, 3.05) is 0 Å². The summed E-state index contributed by atoms with van der Waals surface area (Å²) in [6.07, 6.45) is 0. The summed E-state index contributed by atoms with van der Waals surface area (Å²) in [7, 11) is -3.15. The molecule has 60 valence electrons. The lowest BCUT2D eigenvalue weighted by Crippen LogP contribution is -2.36. The van der Waals surface area contributed by atoms with Crippen LogP contribution in [0.25, 0.3) is 0 Å². The van der Waals surface area contributed by atoms with Crippen LogP contribution in [0.3, 0.4) is 0 Å². The molecule has 0 radical (unpaired) electrons. The van der Waals surface area contributed by atoms with Crippen LogP contribution in [0.15, 0.2) is 0 Å². The zero-order valence-electron chi connectivity index (χ0n) is 10.5. The van der Waals surface area contributed by atoms with Gasteiger partial charge in [0, 0.05) is 20.3 Å². The van der Waals surface area contributed by atoms with Gasteiger partial charge in [-0.3, -0.25) is 0 Å². The van der Waals surface area contributed by atoms with Crippen LogP contribution >= 0.6 is 0 Å². The molecule has 1 heterocycles. The summed E-state index contributed by atoms with van der Waals surface area (Å²) < 4.78 is 23.0. The Morgan fingerprint density at radius 1 is 1.20 bits per heavy atom. The fourth-order valence-corrected chi connectivity index (χ4v) is 15.2. The molecule has 0 amide bonds. The van der Waals surface area contributed by atoms with E-state index in [9.17, 15) is 0 Å². The van der Waals surface area contributed by atoms with Crippen LogP contribution in [-0.2, 0) is 0 Å². The van der Waals surface area contributed by atoms with Crippen molar-refractivity contribution in [1.29, 1.82) is 0 Å². The van der Waals surface area contributed by atoms with E-state index in [1.54, 1.807) is 0 Å². The molecule has 0 aromatic heterocycles. The molecule has 0 aromatic rings. The van der Waals surface area contributed by atoms with Crippen molar-refractivity contribution in [2.24, 2.45) is 0 Å². The lowest BCUT2D eigenvalue weighted by molar-refractivity contribution is 1.21. The molecule has 0 bridgehead atoms. The first-order chi connectivity index (χ1) is 5.61. The molecule has 10 heavy (non-hydrogen) atoms. The largest absolute Gasteiger partial charge is 0.0694 e. The van der Waals surface area contributed by atoms with E-state index < -0.39 is 22.6 Å². The Kier molecular flexibility index (Phi) is 1.14. The van der Waals surface area contributed by atoms with Crippen molar-refractivity contribution in [3.8, 4) is 0 Å². The van der Waals surface area contributed by atoms with E-state index in [0.717, 1.165) is 6.04 Å². The lowest BCUT2D eigenvalue weighted by atomic mass is 10.9. The number of rotatable bonds is 0.